The fourth-order valence-corrected chi connectivity index (χ4v) is 1.92. The maximum atomic E-state index is 11.2. The van der Waals surface area contributed by atoms with Crippen LogP contribution in [-0.2, 0) is 22.4 Å². The second-order valence-electron chi connectivity index (χ2n) is 4.30. The van der Waals surface area contributed by atoms with Crippen LogP contribution in [0.2, 0.25) is 0 Å². The lowest BCUT2D eigenvalue weighted by Crippen LogP contribution is -2.27. The third-order valence-corrected chi connectivity index (χ3v) is 2.97. The lowest BCUT2D eigenvalue weighted by molar-refractivity contribution is -0.124. The molecule has 2 rings (SSSR count). The zero-order valence-electron chi connectivity index (χ0n) is 10.1. The van der Waals surface area contributed by atoms with E-state index in [1.54, 1.807) is 13.1 Å². The number of amides is 2. The van der Waals surface area contributed by atoms with Crippen LogP contribution in [0.25, 0.3) is 0 Å². The molecule has 0 atom stereocenters. The van der Waals surface area contributed by atoms with Gasteiger partial charge in [0.15, 0.2) is 6.07 Å². The normalized spacial score (nSPS) is 12.6. The summed E-state index contributed by atoms with van der Waals surface area (Å²) in [7, 11) is 1.60. The summed E-state index contributed by atoms with van der Waals surface area (Å²) in [6, 6.07) is 7.35. The first-order valence-electron chi connectivity index (χ1n) is 5.67. The van der Waals surface area contributed by atoms with Gasteiger partial charge in [-0.3, -0.25) is 9.59 Å². The number of nitrogens with one attached hydrogen (secondary N) is 1. The number of nitrogens with zero attached hydrogens (tertiary/aromatic N) is 2. The van der Waals surface area contributed by atoms with E-state index in [0.717, 1.165) is 16.8 Å². The number of anilines is 1. The minimum atomic E-state index is -0.534. The van der Waals surface area contributed by atoms with E-state index >= 15 is 0 Å². The molecule has 1 heterocycles. The number of likely N-dealkylation sites (N-methyl/N-ethyl adjacent to an activating group) is 1. The van der Waals surface area contributed by atoms with Gasteiger partial charge in [-0.15, -0.1) is 0 Å². The highest BCUT2D eigenvalue weighted by molar-refractivity contribution is 5.99. The predicted molar refractivity (Wildman–Crippen MR) is 65.7 cm³/mol. The molecular formula is C13H13N3O2. The number of benzene rings is 1. The Labute approximate surface area is 105 Å². The molecule has 5 nitrogen and oxygen atoms in total. The predicted octanol–water partition coefficient (Wildman–Crippen LogP) is 0.706. The molecule has 2 amide bonds. The Morgan fingerprint density at radius 2 is 2.33 bits per heavy atom. The fraction of sp³-hybridized carbons (Fsp3) is 0.308. The number of rotatable bonds is 3. The summed E-state index contributed by atoms with van der Waals surface area (Å²) in [6.07, 6.45) is 1.08. The Morgan fingerprint density at radius 3 is 3.06 bits per heavy atom. The van der Waals surface area contributed by atoms with E-state index < -0.39 is 5.91 Å². The summed E-state index contributed by atoms with van der Waals surface area (Å²) in [5.41, 5.74) is 2.92. The largest absolute Gasteiger partial charge is 0.333 e. The third kappa shape index (κ3) is 2.48. The number of carbonyl (C=O) groups excluding carboxylic acids is 2. The van der Waals surface area contributed by atoms with Gasteiger partial charge in [0, 0.05) is 19.3 Å². The van der Waals surface area contributed by atoms with Gasteiger partial charge in [-0.2, -0.15) is 5.26 Å². The zero-order valence-corrected chi connectivity index (χ0v) is 10.1. The molecule has 0 bridgehead atoms. The Kier molecular flexibility index (Phi) is 3.28. The summed E-state index contributed by atoms with van der Waals surface area (Å²) in [4.78, 5) is 23.7. The Morgan fingerprint density at radius 1 is 1.56 bits per heavy atom. The molecular weight excluding hydrogens is 230 g/mol. The maximum absolute atomic E-state index is 11.2. The summed E-state index contributed by atoms with van der Waals surface area (Å²) in [6.45, 7) is 0.493. The number of hydrogen-bond donors (Lipinski definition) is 1. The lowest BCUT2D eigenvalue weighted by atomic mass is 10.1. The molecule has 1 aromatic carbocycles. The average molecular weight is 243 g/mol. The van der Waals surface area contributed by atoms with E-state index in [2.05, 4.69) is 5.32 Å². The molecule has 0 unspecified atom stereocenters. The van der Waals surface area contributed by atoms with Crippen molar-refractivity contribution in [2.75, 3.05) is 18.9 Å². The average Bonchev–Trinajstić information content (AvgIpc) is 2.74. The third-order valence-electron chi connectivity index (χ3n) is 2.97. The van der Waals surface area contributed by atoms with Gasteiger partial charge >= 0.3 is 5.91 Å². The molecule has 1 N–H and O–H groups in total. The van der Waals surface area contributed by atoms with Crippen LogP contribution < -0.4 is 5.32 Å². The van der Waals surface area contributed by atoms with Crippen molar-refractivity contribution in [3.63, 3.8) is 0 Å². The van der Waals surface area contributed by atoms with Crippen molar-refractivity contribution in [3.8, 4) is 6.07 Å². The molecule has 5 heteroatoms. The van der Waals surface area contributed by atoms with Gasteiger partial charge in [0.05, 0.1) is 6.42 Å². The first-order chi connectivity index (χ1) is 8.60. The molecule has 18 heavy (non-hydrogen) atoms. The summed E-state index contributed by atoms with van der Waals surface area (Å²) in [5, 5.41) is 11.2. The van der Waals surface area contributed by atoms with E-state index in [-0.39, 0.29) is 5.91 Å². The second-order valence-corrected chi connectivity index (χ2v) is 4.30. The molecule has 0 spiro atoms. The molecule has 1 aliphatic rings. The topological polar surface area (TPSA) is 73.2 Å². The molecule has 0 saturated carbocycles. The molecule has 1 aromatic rings. The quantitative estimate of drug-likeness (QED) is 0.794. The highest BCUT2D eigenvalue weighted by atomic mass is 16.2. The van der Waals surface area contributed by atoms with Crippen molar-refractivity contribution < 1.29 is 9.59 Å². The maximum Gasteiger partial charge on any atom is 0.324 e. The van der Waals surface area contributed by atoms with E-state index in [1.165, 1.54) is 4.90 Å². The Hall–Kier alpha value is -2.35. The SMILES string of the molecule is CN(CCc1ccc2c(c1)CC(=O)N2)C(=O)C#N. The monoisotopic (exact) mass is 243 g/mol. The molecule has 0 aromatic heterocycles. The standard InChI is InChI=1S/C13H13N3O2/c1-16(13(18)8-14)5-4-9-2-3-11-10(6-9)7-12(17)15-11/h2-3,6H,4-5,7H2,1H3,(H,15,17). The minimum Gasteiger partial charge on any atom is -0.333 e. The van der Waals surface area contributed by atoms with Crippen LogP contribution in [0.1, 0.15) is 11.1 Å². The summed E-state index contributed by atoms with van der Waals surface area (Å²) in [5.74, 6) is -0.521. The molecule has 1 aliphatic heterocycles. The fourth-order valence-electron chi connectivity index (χ4n) is 1.92. The van der Waals surface area contributed by atoms with Crippen LogP contribution in [0.3, 0.4) is 0 Å². The van der Waals surface area contributed by atoms with Crippen molar-refractivity contribution >= 4 is 17.5 Å². The van der Waals surface area contributed by atoms with E-state index in [0.29, 0.717) is 19.4 Å². The van der Waals surface area contributed by atoms with Crippen LogP contribution in [0.4, 0.5) is 5.69 Å². The van der Waals surface area contributed by atoms with E-state index in [9.17, 15) is 9.59 Å². The van der Waals surface area contributed by atoms with Crippen LogP contribution >= 0.6 is 0 Å². The minimum absolute atomic E-state index is 0.0129. The van der Waals surface area contributed by atoms with Gasteiger partial charge in [-0.1, -0.05) is 12.1 Å². The van der Waals surface area contributed by atoms with Crippen molar-refractivity contribution in [2.24, 2.45) is 0 Å². The van der Waals surface area contributed by atoms with Crippen molar-refractivity contribution in [1.82, 2.24) is 4.90 Å². The van der Waals surface area contributed by atoms with Crippen molar-refractivity contribution in [3.05, 3.63) is 29.3 Å². The van der Waals surface area contributed by atoms with Gasteiger partial charge in [-0.25, -0.2) is 0 Å². The first kappa shape index (κ1) is 12.1. The van der Waals surface area contributed by atoms with Crippen LogP contribution in [0.5, 0.6) is 0 Å². The number of nitriles is 1. The van der Waals surface area contributed by atoms with Gasteiger partial charge < -0.3 is 10.2 Å². The van der Waals surface area contributed by atoms with Gasteiger partial charge in [0.25, 0.3) is 0 Å². The van der Waals surface area contributed by atoms with Crippen molar-refractivity contribution in [2.45, 2.75) is 12.8 Å². The van der Waals surface area contributed by atoms with Crippen LogP contribution in [0, 0.1) is 11.3 Å². The molecule has 0 saturated heterocycles. The number of fused-ring (bicyclic) bond motifs is 1. The summed E-state index contributed by atoms with van der Waals surface area (Å²) < 4.78 is 0. The second kappa shape index (κ2) is 4.88. The molecule has 92 valence electrons. The van der Waals surface area contributed by atoms with Crippen molar-refractivity contribution in [1.29, 1.82) is 5.26 Å². The summed E-state index contributed by atoms with van der Waals surface area (Å²) >= 11 is 0. The highest BCUT2D eigenvalue weighted by Crippen LogP contribution is 2.23. The first-order valence-corrected chi connectivity index (χ1v) is 5.67. The number of carbonyl (C=O) groups is 2. The van der Waals surface area contributed by atoms with E-state index in [1.807, 2.05) is 18.2 Å². The lowest BCUT2D eigenvalue weighted by Gasteiger charge is -2.13. The van der Waals surface area contributed by atoms with E-state index in [4.69, 9.17) is 5.26 Å². The van der Waals surface area contributed by atoms with Gasteiger partial charge in [-0.05, 0) is 23.6 Å². The smallest absolute Gasteiger partial charge is 0.324 e. The molecule has 0 radical (unpaired) electrons. The molecule has 0 aliphatic carbocycles. The number of hydrogen-bond acceptors (Lipinski definition) is 3. The Bertz CT molecular complexity index is 546. The van der Waals surface area contributed by atoms with Gasteiger partial charge in [0.1, 0.15) is 0 Å². The van der Waals surface area contributed by atoms with Gasteiger partial charge in [0.2, 0.25) is 5.91 Å². The molecule has 0 fully saturated rings. The van der Waals surface area contributed by atoms with Crippen LogP contribution in [0.15, 0.2) is 18.2 Å². The van der Waals surface area contributed by atoms with Crippen LogP contribution in [-0.4, -0.2) is 30.3 Å². The highest BCUT2D eigenvalue weighted by Gasteiger charge is 2.17. The Balaban J connectivity index is 2.00. The zero-order chi connectivity index (χ0) is 13.1.